The van der Waals surface area contributed by atoms with Crippen molar-refractivity contribution in [3.8, 4) is 0 Å². The van der Waals surface area contributed by atoms with E-state index in [-0.39, 0.29) is 11.1 Å². The zero-order valence-electron chi connectivity index (χ0n) is 10.6. The van der Waals surface area contributed by atoms with Crippen molar-refractivity contribution in [2.75, 3.05) is 5.32 Å². The van der Waals surface area contributed by atoms with E-state index in [2.05, 4.69) is 9.68 Å². The monoisotopic (exact) mass is 302 g/mol. The fourth-order valence-corrected chi connectivity index (χ4v) is 1.67. The Balaban J connectivity index is 2.35. The van der Waals surface area contributed by atoms with Crippen LogP contribution in [0, 0.1) is 6.92 Å². The van der Waals surface area contributed by atoms with E-state index in [0.29, 0.717) is 11.1 Å². The maximum absolute atomic E-state index is 12.2. The van der Waals surface area contributed by atoms with Crippen LogP contribution in [0.3, 0.4) is 0 Å². The number of halogens is 3. The minimum absolute atomic E-state index is 0.00806. The molecule has 21 heavy (non-hydrogen) atoms. The number of nitrogens with zero attached hydrogens (tertiary/aromatic N) is 1. The number of aliphatic hydroxyl groups is 1. The molecule has 0 radical (unpaired) electrons. The number of nitrogens with one attached hydrogen (secondary N) is 1. The van der Waals surface area contributed by atoms with Crippen molar-refractivity contribution >= 4 is 22.4 Å². The van der Waals surface area contributed by atoms with Gasteiger partial charge in [-0.25, -0.2) is 4.79 Å². The number of aromatic nitrogens is 1. The van der Waals surface area contributed by atoms with Crippen LogP contribution in [0.15, 0.2) is 27.5 Å². The summed E-state index contributed by atoms with van der Waals surface area (Å²) in [5, 5.41) is 14.7. The molecular formula is C12H9F3N2O4. The van der Waals surface area contributed by atoms with Crippen molar-refractivity contribution in [1.29, 1.82) is 0 Å². The molecule has 1 atom stereocenters. The van der Waals surface area contributed by atoms with E-state index >= 15 is 0 Å². The molecule has 0 saturated heterocycles. The molecule has 0 spiro atoms. The summed E-state index contributed by atoms with van der Waals surface area (Å²) in [6.45, 7) is 1.53. The topological polar surface area (TPSA) is 92.4 Å². The Kier molecular flexibility index (Phi) is 3.69. The summed E-state index contributed by atoms with van der Waals surface area (Å²) in [6, 6.07) is 3.78. The third-order valence-corrected chi connectivity index (χ3v) is 2.72. The van der Waals surface area contributed by atoms with Gasteiger partial charge in [0.05, 0.1) is 11.1 Å². The van der Waals surface area contributed by atoms with Gasteiger partial charge in [-0.05, 0) is 25.1 Å². The summed E-state index contributed by atoms with van der Waals surface area (Å²) in [7, 11) is 0. The Morgan fingerprint density at radius 1 is 1.38 bits per heavy atom. The first-order chi connectivity index (χ1) is 9.70. The SMILES string of the molecule is Cc1noc(=O)c2ccc(NC(=O)C(O)C(F)(F)F)cc12. The predicted molar refractivity (Wildman–Crippen MR) is 65.7 cm³/mol. The molecule has 2 rings (SSSR count). The lowest BCUT2D eigenvalue weighted by Crippen LogP contribution is -2.40. The number of aliphatic hydroxyl groups excluding tert-OH is 1. The second-order valence-corrected chi connectivity index (χ2v) is 4.25. The highest BCUT2D eigenvalue weighted by Crippen LogP contribution is 2.23. The van der Waals surface area contributed by atoms with Gasteiger partial charge in [-0.3, -0.25) is 4.79 Å². The summed E-state index contributed by atoms with van der Waals surface area (Å²) in [5.74, 6) is -1.62. The third kappa shape index (κ3) is 3.02. The number of aryl methyl sites for hydroxylation is 1. The first-order valence-corrected chi connectivity index (χ1v) is 5.66. The van der Waals surface area contributed by atoms with Crippen LogP contribution in [0.25, 0.3) is 10.8 Å². The number of carbonyl (C=O) groups is 1. The molecule has 0 aliphatic heterocycles. The van der Waals surface area contributed by atoms with Crippen molar-refractivity contribution in [3.05, 3.63) is 34.3 Å². The second kappa shape index (κ2) is 5.17. The van der Waals surface area contributed by atoms with E-state index in [4.69, 9.17) is 5.11 Å². The number of anilines is 1. The summed E-state index contributed by atoms with van der Waals surface area (Å²) < 4.78 is 41.1. The van der Waals surface area contributed by atoms with Crippen LogP contribution in [-0.2, 0) is 4.79 Å². The van der Waals surface area contributed by atoms with E-state index in [9.17, 15) is 22.8 Å². The number of benzene rings is 1. The Hall–Kier alpha value is -2.42. The van der Waals surface area contributed by atoms with Crippen molar-refractivity contribution in [3.63, 3.8) is 0 Å². The molecule has 1 heterocycles. The summed E-state index contributed by atoms with van der Waals surface area (Å²) in [5.41, 5.74) is -0.382. The molecule has 2 N–H and O–H groups in total. The first-order valence-electron chi connectivity index (χ1n) is 5.66. The van der Waals surface area contributed by atoms with Gasteiger partial charge in [-0.15, -0.1) is 0 Å². The van der Waals surface area contributed by atoms with Gasteiger partial charge < -0.3 is 14.9 Å². The molecule has 9 heteroatoms. The van der Waals surface area contributed by atoms with Crippen molar-refractivity contribution in [2.45, 2.75) is 19.2 Å². The molecule has 2 aromatic rings. The van der Waals surface area contributed by atoms with Crippen LogP contribution in [0.5, 0.6) is 0 Å². The lowest BCUT2D eigenvalue weighted by molar-refractivity contribution is -0.202. The van der Waals surface area contributed by atoms with Gasteiger partial charge in [0.2, 0.25) is 6.10 Å². The van der Waals surface area contributed by atoms with Gasteiger partial charge in [-0.1, -0.05) is 5.16 Å². The van der Waals surface area contributed by atoms with Crippen LogP contribution in [0.4, 0.5) is 18.9 Å². The number of amides is 1. The highest BCUT2D eigenvalue weighted by molar-refractivity contribution is 5.97. The molecule has 0 fully saturated rings. The first kappa shape index (κ1) is 15.0. The van der Waals surface area contributed by atoms with E-state index in [0.717, 1.165) is 0 Å². The Bertz CT molecular complexity index is 754. The van der Waals surface area contributed by atoms with Gasteiger partial charge in [0, 0.05) is 11.1 Å². The minimum atomic E-state index is -5.06. The smallest absolute Gasteiger partial charge is 0.376 e. The van der Waals surface area contributed by atoms with E-state index < -0.39 is 23.8 Å². The lowest BCUT2D eigenvalue weighted by Gasteiger charge is -2.14. The van der Waals surface area contributed by atoms with Gasteiger partial charge in [-0.2, -0.15) is 13.2 Å². The third-order valence-electron chi connectivity index (χ3n) is 2.72. The molecule has 112 valence electrons. The number of hydrogen-bond acceptors (Lipinski definition) is 5. The highest BCUT2D eigenvalue weighted by Gasteiger charge is 2.43. The van der Waals surface area contributed by atoms with Gasteiger partial charge in [0.25, 0.3) is 5.91 Å². The molecule has 1 unspecified atom stereocenters. The Labute approximate surface area is 115 Å². The molecule has 0 saturated carbocycles. The average Bonchev–Trinajstić information content (AvgIpc) is 2.41. The molecule has 6 nitrogen and oxygen atoms in total. The fourth-order valence-electron chi connectivity index (χ4n) is 1.67. The maximum atomic E-state index is 12.2. The number of carbonyl (C=O) groups excluding carboxylic acids is 1. The molecular weight excluding hydrogens is 293 g/mol. The Morgan fingerprint density at radius 3 is 2.67 bits per heavy atom. The minimum Gasteiger partial charge on any atom is -0.376 e. The second-order valence-electron chi connectivity index (χ2n) is 4.25. The van der Waals surface area contributed by atoms with E-state index in [1.165, 1.54) is 25.1 Å². The number of fused-ring (bicyclic) bond motifs is 1. The molecule has 0 aliphatic rings. The summed E-state index contributed by atoms with van der Waals surface area (Å²) in [6.07, 6.45) is -8.19. The molecule has 0 aliphatic carbocycles. The zero-order valence-corrected chi connectivity index (χ0v) is 10.6. The summed E-state index contributed by atoms with van der Waals surface area (Å²) in [4.78, 5) is 22.7. The van der Waals surface area contributed by atoms with Gasteiger partial charge >= 0.3 is 11.8 Å². The Morgan fingerprint density at radius 2 is 2.05 bits per heavy atom. The average molecular weight is 302 g/mol. The number of hydrogen-bond donors (Lipinski definition) is 2. The highest BCUT2D eigenvalue weighted by atomic mass is 19.4. The van der Waals surface area contributed by atoms with Gasteiger partial charge in [0.1, 0.15) is 0 Å². The maximum Gasteiger partial charge on any atom is 0.423 e. The van der Waals surface area contributed by atoms with Crippen LogP contribution in [0.2, 0.25) is 0 Å². The van der Waals surface area contributed by atoms with Crippen LogP contribution >= 0.6 is 0 Å². The number of alkyl halides is 3. The van der Waals surface area contributed by atoms with Crippen molar-refractivity contribution in [1.82, 2.24) is 5.16 Å². The molecule has 1 aromatic heterocycles. The van der Waals surface area contributed by atoms with Crippen LogP contribution < -0.4 is 10.9 Å². The van der Waals surface area contributed by atoms with E-state index in [1.54, 1.807) is 0 Å². The number of rotatable bonds is 2. The van der Waals surface area contributed by atoms with Crippen LogP contribution in [0.1, 0.15) is 5.69 Å². The van der Waals surface area contributed by atoms with E-state index in [1.807, 2.05) is 5.32 Å². The fraction of sp³-hybridized carbons (Fsp3) is 0.250. The predicted octanol–water partition coefficient (Wildman–Crippen LogP) is 1.36. The van der Waals surface area contributed by atoms with Crippen molar-refractivity contribution in [2.24, 2.45) is 0 Å². The van der Waals surface area contributed by atoms with Gasteiger partial charge in [0.15, 0.2) is 0 Å². The molecule has 1 aromatic carbocycles. The zero-order chi connectivity index (χ0) is 15.8. The summed E-state index contributed by atoms with van der Waals surface area (Å²) >= 11 is 0. The normalized spacial score (nSPS) is 13.2. The largest absolute Gasteiger partial charge is 0.423 e. The molecule has 0 bridgehead atoms. The standard InChI is InChI=1S/C12H9F3N2O4/c1-5-8-4-6(2-3-7(8)11(20)21-17-5)16-10(19)9(18)12(13,14)15/h2-4,9,18H,1H3,(H,16,19). The molecule has 1 amide bonds. The lowest BCUT2D eigenvalue weighted by atomic mass is 10.1. The quantitative estimate of drug-likeness (QED) is 0.873. The van der Waals surface area contributed by atoms with Crippen LogP contribution in [-0.4, -0.2) is 28.5 Å². The van der Waals surface area contributed by atoms with Crippen molar-refractivity contribution < 1.29 is 27.6 Å².